The van der Waals surface area contributed by atoms with Gasteiger partial charge in [0.1, 0.15) is 21.2 Å². The summed E-state index contributed by atoms with van der Waals surface area (Å²) in [6.07, 6.45) is 2.20. The minimum atomic E-state index is -2.57. The number of nitrogens with zero attached hydrogens (tertiary/aromatic N) is 3. The maximum atomic E-state index is 15.0. The van der Waals surface area contributed by atoms with Gasteiger partial charge in [-0.1, -0.05) is 17.4 Å². The molecule has 0 unspecified atom stereocenters. The van der Waals surface area contributed by atoms with Crippen LogP contribution in [0.5, 0.6) is 0 Å². The monoisotopic (exact) mass is 487 g/mol. The number of alkyl halides is 2. The number of hydrogen-bond donors (Lipinski definition) is 1. The zero-order valence-corrected chi connectivity index (χ0v) is 19.3. The second-order valence-electron chi connectivity index (χ2n) is 10.0. The van der Waals surface area contributed by atoms with Crippen LogP contribution in [0.15, 0.2) is 30.3 Å². The lowest BCUT2D eigenvalue weighted by Crippen LogP contribution is -2.49. The van der Waals surface area contributed by atoms with Gasteiger partial charge in [0.15, 0.2) is 0 Å². The van der Waals surface area contributed by atoms with Crippen molar-refractivity contribution in [2.75, 3.05) is 13.1 Å². The van der Waals surface area contributed by atoms with E-state index in [0.717, 1.165) is 24.1 Å². The highest BCUT2D eigenvalue weighted by atomic mass is 32.1. The van der Waals surface area contributed by atoms with Crippen LogP contribution in [0, 0.1) is 17.7 Å². The number of aromatic nitrogens is 2. The number of rotatable bonds is 6. The number of benzene rings is 1. The first-order chi connectivity index (χ1) is 16.2. The van der Waals surface area contributed by atoms with E-state index in [1.54, 1.807) is 6.07 Å². The van der Waals surface area contributed by atoms with E-state index < -0.39 is 11.9 Å². The van der Waals surface area contributed by atoms with Gasteiger partial charge in [-0.15, -0.1) is 0 Å². The highest BCUT2D eigenvalue weighted by Crippen LogP contribution is 2.60. The fourth-order valence-corrected chi connectivity index (χ4v) is 6.55. The summed E-state index contributed by atoms with van der Waals surface area (Å²) in [5.74, 6) is -4.12. The lowest BCUT2D eigenvalue weighted by atomic mass is 9.84. The third-order valence-corrected chi connectivity index (χ3v) is 8.71. The highest BCUT2D eigenvalue weighted by Gasteiger charge is 2.57. The van der Waals surface area contributed by atoms with Crippen molar-refractivity contribution in [2.45, 2.75) is 50.0 Å². The molecule has 2 saturated carbocycles. The fraction of sp³-hybridized carbons (Fsp3) is 0.480. The van der Waals surface area contributed by atoms with Gasteiger partial charge in [0.25, 0.3) is 0 Å². The van der Waals surface area contributed by atoms with Crippen LogP contribution in [0.25, 0.3) is 20.9 Å². The third-order valence-electron chi connectivity index (χ3n) is 7.72. The van der Waals surface area contributed by atoms with E-state index in [9.17, 15) is 18.0 Å². The van der Waals surface area contributed by atoms with E-state index in [2.05, 4.69) is 4.98 Å². The van der Waals surface area contributed by atoms with Crippen LogP contribution in [0.4, 0.5) is 13.2 Å². The summed E-state index contributed by atoms with van der Waals surface area (Å²) in [4.78, 5) is 23.0. The molecule has 2 aliphatic carbocycles. The molecule has 1 aromatic carbocycles. The molecular formula is C25H24F3N3O2S. The van der Waals surface area contributed by atoms with Crippen molar-refractivity contribution in [1.29, 1.82) is 0 Å². The molecule has 2 aromatic heterocycles. The zero-order chi connectivity index (χ0) is 23.7. The molecule has 0 radical (unpaired) electrons. The zero-order valence-electron chi connectivity index (χ0n) is 18.4. The van der Waals surface area contributed by atoms with Gasteiger partial charge in [0.2, 0.25) is 5.92 Å². The van der Waals surface area contributed by atoms with Crippen LogP contribution < -0.4 is 0 Å². The Morgan fingerprint density at radius 2 is 1.94 bits per heavy atom. The Kier molecular flexibility index (Phi) is 5.01. The molecule has 9 heteroatoms. The minimum absolute atomic E-state index is 0.0398. The molecule has 6 rings (SSSR count). The molecule has 0 bridgehead atoms. The SMILES string of the molecule is O=C(O)C1CN(Cc2ccc(-c3nc4ccc(C5([C@@H]6CCC(F)(F)C6)CC5)nc4s3)c(F)c2)C1. The smallest absolute Gasteiger partial charge is 0.309 e. The van der Waals surface area contributed by atoms with Crippen LogP contribution in [-0.2, 0) is 16.8 Å². The average Bonchev–Trinajstić information content (AvgIpc) is 3.32. The lowest BCUT2D eigenvalue weighted by Gasteiger charge is -2.36. The largest absolute Gasteiger partial charge is 0.481 e. The maximum Gasteiger partial charge on any atom is 0.309 e. The molecular weight excluding hydrogens is 463 g/mol. The van der Waals surface area contributed by atoms with Gasteiger partial charge in [-0.25, -0.2) is 23.1 Å². The topological polar surface area (TPSA) is 66.3 Å². The van der Waals surface area contributed by atoms with Crippen molar-refractivity contribution in [1.82, 2.24) is 14.9 Å². The molecule has 34 heavy (non-hydrogen) atoms. The van der Waals surface area contributed by atoms with Gasteiger partial charge in [-0.3, -0.25) is 9.69 Å². The molecule has 1 saturated heterocycles. The molecule has 1 aliphatic heterocycles. The number of pyridine rings is 1. The van der Waals surface area contributed by atoms with E-state index in [0.29, 0.717) is 47.0 Å². The predicted molar refractivity (Wildman–Crippen MR) is 122 cm³/mol. The number of fused-ring (bicyclic) bond motifs is 1. The van der Waals surface area contributed by atoms with Gasteiger partial charge < -0.3 is 5.11 Å². The Morgan fingerprint density at radius 3 is 2.59 bits per heavy atom. The predicted octanol–water partition coefficient (Wildman–Crippen LogP) is 5.48. The number of likely N-dealkylation sites (tertiary alicyclic amines) is 1. The van der Waals surface area contributed by atoms with Crippen molar-refractivity contribution in [3.8, 4) is 10.6 Å². The molecule has 3 heterocycles. The van der Waals surface area contributed by atoms with Gasteiger partial charge in [-0.2, -0.15) is 0 Å². The second-order valence-corrected chi connectivity index (χ2v) is 11.0. The Balaban J connectivity index is 1.22. The summed E-state index contributed by atoms with van der Waals surface area (Å²) >= 11 is 1.32. The Hall–Kier alpha value is -2.52. The first kappa shape index (κ1) is 22.0. The van der Waals surface area contributed by atoms with Crippen molar-refractivity contribution in [3.63, 3.8) is 0 Å². The van der Waals surface area contributed by atoms with Crippen LogP contribution in [0.3, 0.4) is 0 Å². The van der Waals surface area contributed by atoms with E-state index in [1.165, 1.54) is 17.4 Å². The van der Waals surface area contributed by atoms with E-state index in [-0.39, 0.29) is 35.9 Å². The van der Waals surface area contributed by atoms with Crippen molar-refractivity contribution in [2.24, 2.45) is 11.8 Å². The molecule has 3 aromatic rings. The van der Waals surface area contributed by atoms with Gasteiger partial charge >= 0.3 is 5.97 Å². The lowest BCUT2D eigenvalue weighted by molar-refractivity contribution is -0.147. The quantitative estimate of drug-likeness (QED) is 0.499. The van der Waals surface area contributed by atoms with Crippen LogP contribution in [0.1, 0.15) is 43.4 Å². The van der Waals surface area contributed by atoms with Crippen LogP contribution in [-0.4, -0.2) is 45.0 Å². The fourth-order valence-electron chi connectivity index (χ4n) is 5.58. The average molecular weight is 488 g/mol. The number of carbonyl (C=O) groups is 1. The van der Waals surface area contributed by atoms with Gasteiger partial charge in [0, 0.05) is 49.1 Å². The van der Waals surface area contributed by atoms with E-state index in [1.807, 2.05) is 23.1 Å². The number of thiazole rings is 1. The Labute approximate surface area is 198 Å². The number of carboxylic acid groups (broad SMARTS) is 1. The summed E-state index contributed by atoms with van der Waals surface area (Å²) < 4.78 is 42.6. The Morgan fingerprint density at radius 1 is 1.15 bits per heavy atom. The standard InChI is InChI=1S/C25H24F3N3O2S/c26-18-9-14(11-31-12-15(13-31)23(32)33)1-2-17(18)21-29-19-3-4-20(30-22(19)34-21)24(7-8-24)16-5-6-25(27,28)10-16/h1-4,9,15-16H,5-8,10-13H2,(H,32,33)/t16-/m1/s1. The molecule has 1 atom stereocenters. The van der Waals surface area contributed by atoms with Crippen molar-refractivity contribution < 1.29 is 23.1 Å². The summed E-state index contributed by atoms with van der Waals surface area (Å²) in [7, 11) is 0. The maximum absolute atomic E-state index is 15.0. The molecule has 178 valence electrons. The molecule has 0 amide bonds. The van der Waals surface area contributed by atoms with Gasteiger partial charge in [-0.05, 0) is 55.0 Å². The third kappa shape index (κ3) is 3.79. The minimum Gasteiger partial charge on any atom is -0.481 e. The molecule has 3 fully saturated rings. The van der Waals surface area contributed by atoms with E-state index >= 15 is 0 Å². The van der Waals surface area contributed by atoms with Crippen LogP contribution in [0.2, 0.25) is 0 Å². The van der Waals surface area contributed by atoms with Gasteiger partial charge in [0.05, 0.1) is 5.92 Å². The van der Waals surface area contributed by atoms with Crippen molar-refractivity contribution in [3.05, 3.63) is 47.4 Å². The Bertz CT molecular complexity index is 1280. The summed E-state index contributed by atoms with van der Waals surface area (Å²) in [5, 5.41) is 9.53. The number of halogens is 3. The summed E-state index contributed by atoms with van der Waals surface area (Å²) in [6, 6.07) is 8.82. The molecule has 1 N–H and O–H groups in total. The van der Waals surface area contributed by atoms with E-state index in [4.69, 9.17) is 10.1 Å². The first-order valence-electron chi connectivity index (χ1n) is 11.6. The second kappa shape index (κ2) is 7.75. The number of carboxylic acids is 1. The molecule has 3 aliphatic rings. The molecule has 0 spiro atoms. The number of hydrogen-bond acceptors (Lipinski definition) is 5. The molecule has 5 nitrogen and oxygen atoms in total. The summed E-state index contributed by atoms with van der Waals surface area (Å²) in [6.45, 7) is 1.46. The van der Waals surface area contributed by atoms with Crippen molar-refractivity contribution >= 4 is 27.7 Å². The number of aliphatic carboxylic acids is 1. The van der Waals surface area contributed by atoms with Crippen LogP contribution >= 0.6 is 11.3 Å². The summed E-state index contributed by atoms with van der Waals surface area (Å²) in [5.41, 5.74) is 2.48. The highest BCUT2D eigenvalue weighted by molar-refractivity contribution is 7.21. The first-order valence-corrected chi connectivity index (χ1v) is 12.4. The normalized spacial score (nSPS) is 23.8.